The molecule has 2 rings (SSSR count). The number of ether oxygens (including phenoxy) is 1. The minimum absolute atomic E-state index is 0.212. The Morgan fingerprint density at radius 3 is 2.60 bits per heavy atom. The van der Waals surface area contributed by atoms with Crippen molar-refractivity contribution in [3.05, 3.63) is 29.8 Å². The van der Waals surface area contributed by atoms with Crippen LogP contribution in [0, 0.1) is 0 Å². The van der Waals surface area contributed by atoms with Gasteiger partial charge >= 0.3 is 6.09 Å². The number of hydrogen-bond donors (Lipinski definition) is 2. The molecule has 2 N–H and O–H groups in total. The third kappa shape index (κ3) is 4.93. The van der Waals surface area contributed by atoms with Crippen molar-refractivity contribution in [2.45, 2.75) is 38.8 Å². The molecule has 0 fully saturated rings. The number of carbonyl (C=O) groups excluding carboxylic acids is 3. The van der Waals surface area contributed by atoms with E-state index in [4.69, 9.17) is 4.74 Å². The molecular weight excluding hydrogens is 326 g/mol. The predicted octanol–water partition coefficient (Wildman–Crippen LogP) is 1.15. The number of anilines is 1. The first-order valence-electron chi connectivity index (χ1n) is 7.92. The Labute approximate surface area is 146 Å². The number of fused-ring (bicyclic) bond motifs is 1. The van der Waals surface area contributed by atoms with E-state index in [1.54, 1.807) is 32.9 Å². The number of amides is 3. The highest BCUT2D eigenvalue weighted by molar-refractivity contribution is 6.04. The van der Waals surface area contributed by atoms with Crippen molar-refractivity contribution in [2.24, 2.45) is 0 Å². The standard InChI is InChI=1S/C17H23N3O5/c1-17(2,3)25-16(23)18-12-9-11-7-5-6-8-13(11)20(15(12)22)10-14(21)19-24-4/h5-8,12H,9-10H2,1-4H3,(H,18,23)(H,19,21)/t12-/m0/s1. The molecular formula is C17H23N3O5. The SMILES string of the molecule is CONC(=O)CN1C(=O)[C@@H](NC(=O)OC(C)(C)C)Cc2ccccc21. The van der Waals surface area contributed by atoms with E-state index in [1.165, 1.54) is 12.0 Å². The zero-order chi connectivity index (χ0) is 18.6. The molecule has 1 aromatic rings. The highest BCUT2D eigenvalue weighted by Gasteiger charge is 2.35. The number of rotatable bonds is 4. The van der Waals surface area contributed by atoms with E-state index >= 15 is 0 Å². The van der Waals surface area contributed by atoms with Gasteiger partial charge in [-0.2, -0.15) is 0 Å². The van der Waals surface area contributed by atoms with Crippen molar-refractivity contribution in [1.82, 2.24) is 10.8 Å². The molecule has 0 bridgehead atoms. The van der Waals surface area contributed by atoms with Crippen molar-refractivity contribution in [3.8, 4) is 0 Å². The van der Waals surface area contributed by atoms with Gasteiger partial charge in [-0.3, -0.25) is 14.4 Å². The summed E-state index contributed by atoms with van der Waals surface area (Å²) in [6.45, 7) is 5.01. The molecule has 136 valence electrons. The number of nitrogens with zero attached hydrogens (tertiary/aromatic N) is 1. The van der Waals surface area contributed by atoms with Crippen LogP contribution < -0.4 is 15.7 Å². The van der Waals surface area contributed by atoms with Crippen molar-refractivity contribution in [2.75, 3.05) is 18.6 Å². The Hall–Kier alpha value is -2.61. The summed E-state index contributed by atoms with van der Waals surface area (Å²) < 4.78 is 5.21. The smallest absolute Gasteiger partial charge is 0.408 e. The largest absolute Gasteiger partial charge is 0.444 e. The molecule has 0 aromatic heterocycles. The van der Waals surface area contributed by atoms with Crippen LogP contribution in [-0.2, 0) is 25.6 Å². The van der Waals surface area contributed by atoms with Gasteiger partial charge in [0, 0.05) is 12.1 Å². The van der Waals surface area contributed by atoms with Crippen molar-refractivity contribution < 1.29 is 24.0 Å². The third-order valence-electron chi connectivity index (χ3n) is 3.48. The monoisotopic (exact) mass is 349 g/mol. The third-order valence-corrected chi connectivity index (χ3v) is 3.48. The molecule has 25 heavy (non-hydrogen) atoms. The van der Waals surface area contributed by atoms with E-state index in [-0.39, 0.29) is 12.5 Å². The second kappa shape index (κ2) is 7.52. The molecule has 1 aromatic carbocycles. The number of carbonyl (C=O) groups is 3. The van der Waals surface area contributed by atoms with E-state index in [9.17, 15) is 14.4 Å². The van der Waals surface area contributed by atoms with Gasteiger partial charge in [-0.25, -0.2) is 10.3 Å². The fourth-order valence-electron chi connectivity index (χ4n) is 2.58. The Balaban J connectivity index is 2.20. The van der Waals surface area contributed by atoms with Gasteiger partial charge in [-0.15, -0.1) is 0 Å². The van der Waals surface area contributed by atoms with Crippen molar-refractivity contribution >= 4 is 23.6 Å². The Morgan fingerprint density at radius 1 is 1.28 bits per heavy atom. The Kier molecular flexibility index (Phi) is 5.63. The van der Waals surface area contributed by atoms with Crippen LogP contribution in [0.5, 0.6) is 0 Å². The number of para-hydroxylation sites is 1. The van der Waals surface area contributed by atoms with E-state index in [0.29, 0.717) is 12.1 Å². The van der Waals surface area contributed by atoms with Crippen LogP contribution >= 0.6 is 0 Å². The molecule has 1 aliphatic heterocycles. The Bertz CT molecular complexity index is 668. The second-order valence-electron chi connectivity index (χ2n) is 6.69. The van der Waals surface area contributed by atoms with Gasteiger partial charge in [-0.05, 0) is 32.4 Å². The quantitative estimate of drug-likeness (QED) is 0.795. The Morgan fingerprint density at radius 2 is 1.96 bits per heavy atom. The van der Waals surface area contributed by atoms with Gasteiger partial charge in [0.2, 0.25) is 0 Å². The number of hydroxylamine groups is 1. The lowest BCUT2D eigenvalue weighted by Crippen LogP contribution is -2.55. The van der Waals surface area contributed by atoms with Crippen molar-refractivity contribution in [3.63, 3.8) is 0 Å². The summed E-state index contributed by atoms with van der Waals surface area (Å²) in [7, 11) is 1.32. The average Bonchev–Trinajstić information content (AvgIpc) is 2.49. The van der Waals surface area contributed by atoms with E-state index in [0.717, 1.165) is 5.56 Å². The highest BCUT2D eigenvalue weighted by atomic mass is 16.6. The van der Waals surface area contributed by atoms with Crippen LogP contribution in [0.25, 0.3) is 0 Å². The molecule has 8 nitrogen and oxygen atoms in total. The molecule has 0 spiro atoms. The van der Waals surface area contributed by atoms with Crippen LogP contribution in [0.3, 0.4) is 0 Å². The lowest BCUT2D eigenvalue weighted by Gasteiger charge is -2.34. The molecule has 1 atom stereocenters. The molecule has 0 unspecified atom stereocenters. The van der Waals surface area contributed by atoms with E-state index in [1.807, 2.05) is 12.1 Å². The average molecular weight is 349 g/mol. The lowest BCUT2D eigenvalue weighted by atomic mass is 9.97. The van der Waals surface area contributed by atoms with Gasteiger partial charge in [0.25, 0.3) is 11.8 Å². The lowest BCUT2D eigenvalue weighted by molar-refractivity contribution is -0.131. The number of alkyl carbamates (subject to hydrolysis) is 1. The van der Waals surface area contributed by atoms with Gasteiger partial charge in [0.1, 0.15) is 18.2 Å². The zero-order valence-corrected chi connectivity index (χ0v) is 14.8. The van der Waals surface area contributed by atoms with Gasteiger partial charge < -0.3 is 15.0 Å². The molecule has 8 heteroatoms. The fourth-order valence-corrected chi connectivity index (χ4v) is 2.58. The molecule has 0 saturated carbocycles. The van der Waals surface area contributed by atoms with Gasteiger partial charge in [-0.1, -0.05) is 18.2 Å². The maximum Gasteiger partial charge on any atom is 0.408 e. The first-order chi connectivity index (χ1) is 11.7. The topological polar surface area (TPSA) is 97.0 Å². The summed E-state index contributed by atoms with van der Waals surface area (Å²) >= 11 is 0. The van der Waals surface area contributed by atoms with Crippen LogP contribution in [0.15, 0.2) is 24.3 Å². The fraction of sp³-hybridized carbons (Fsp3) is 0.471. The highest BCUT2D eigenvalue weighted by Crippen LogP contribution is 2.27. The number of benzene rings is 1. The normalized spacial score (nSPS) is 16.9. The summed E-state index contributed by atoms with van der Waals surface area (Å²) in [4.78, 5) is 42.5. The maximum absolute atomic E-state index is 12.8. The molecule has 0 aliphatic carbocycles. The minimum atomic E-state index is -0.805. The van der Waals surface area contributed by atoms with Crippen LogP contribution in [0.2, 0.25) is 0 Å². The number of hydrogen-bond acceptors (Lipinski definition) is 5. The first-order valence-corrected chi connectivity index (χ1v) is 7.92. The summed E-state index contributed by atoms with van der Waals surface area (Å²) in [6, 6.07) is 6.44. The first kappa shape index (κ1) is 18.7. The van der Waals surface area contributed by atoms with Crippen LogP contribution in [0.1, 0.15) is 26.3 Å². The zero-order valence-electron chi connectivity index (χ0n) is 14.8. The summed E-state index contributed by atoms with van der Waals surface area (Å²) in [6.07, 6.45) is -0.345. The minimum Gasteiger partial charge on any atom is -0.444 e. The maximum atomic E-state index is 12.8. The number of nitrogens with one attached hydrogen (secondary N) is 2. The van der Waals surface area contributed by atoms with E-state index < -0.39 is 23.6 Å². The molecule has 1 heterocycles. The van der Waals surface area contributed by atoms with E-state index in [2.05, 4.69) is 15.6 Å². The molecule has 0 saturated heterocycles. The second-order valence-corrected chi connectivity index (χ2v) is 6.69. The summed E-state index contributed by atoms with van der Waals surface area (Å²) in [5.41, 5.74) is 3.01. The van der Waals surface area contributed by atoms with Gasteiger partial charge in [0.05, 0.1) is 7.11 Å². The van der Waals surface area contributed by atoms with Crippen LogP contribution in [0.4, 0.5) is 10.5 Å². The summed E-state index contributed by atoms with van der Waals surface area (Å²) in [5, 5.41) is 2.59. The molecule has 3 amide bonds. The molecule has 1 aliphatic rings. The van der Waals surface area contributed by atoms with Gasteiger partial charge in [0.15, 0.2) is 0 Å². The predicted molar refractivity (Wildman–Crippen MR) is 90.8 cm³/mol. The summed E-state index contributed by atoms with van der Waals surface area (Å²) in [5.74, 6) is -0.848. The van der Waals surface area contributed by atoms with Crippen molar-refractivity contribution in [1.29, 1.82) is 0 Å². The molecule has 0 radical (unpaired) electrons. The van der Waals surface area contributed by atoms with Crippen LogP contribution in [-0.4, -0.2) is 43.2 Å².